The van der Waals surface area contributed by atoms with Gasteiger partial charge in [-0.1, -0.05) is 6.92 Å². The molecule has 0 aliphatic carbocycles. The van der Waals surface area contributed by atoms with Gasteiger partial charge in [0, 0.05) is 23.6 Å². The SMILES string of the molecule is CCCN(C)c1ccc(C(C)=O)cc1Br. The Kier molecular flexibility index (Phi) is 4.33. The number of carbonyl (C=O) groups excluding carboxylic acids is 1. The molecule has 0 amide bonds. The van der Waals surface area contributed by atoms with Crippen molar-refractivity contribution in [1.29, 1.82) is 0 Å². The van der Waals surface area contributed by atoms with E-state index in [2.05, 4.69) is 34.8 Å². The van der Waals surface area contributed by atoms with Gasteiger partial charge in [0.1, 0.15) is 0 Å². The van der Waals surface area contributed by atoms with Gasteiger partial charge in [0.2, 0.25) is 0 Å². The summed E-state index contributed by atoms with van der Waals surface area (Å²) in [4.78, 5) is 13.3. The number of anilines is 1. The molecule has 0 unspecified atom stereocenters. The number of ketones is 1. The molecule has 0 heterocycles. The van der Waals surface area contributed by atoms with Crippen LogP contribution >= 0.6 is 15.9 Å². The Bertz CT molecular complexity index is 363. The third-order valence-corrected chi connectivity index (χ3v) is 2.96. The Balaban J connectivity index is 2.97. The van der Waals surface area contributed by atoms with Crippen LogP contribution in [0.2, 0.25) is 0 Å². The molecule has 15 heavy (non-hydrogen) atoms. The summed E-state index contributed by atoms with van der Waals surface area (Å²) < 4.78 is 0.978. The van der Waals surface area contributed by atoms with E-state index in [0.717, 1.165) is 28.7 Å². The fourth-order valence-corrected chi connectivity index (χ4v) is 2.17. The van der Waals surface area contributed by atoms with Crippen LogP contribution in [0.1, 0.15) is 30.6 Å². The van der Waals surface area contributed by atoms with Crippen LogP contribution in [0, 0.1) is 0 Å². The van der Waals surface area contributed by atoms with E-state index in [1.165, 1.54) is 0 Å². The van der Waals surface area contributed by atoms with Crippen molar-refractivity contribution in [2.45, 2.75) is 20.3 Å². The Hall–Kier alpha value is -0.830. The Morgan fingerprint density at radius 3 is 2.60 bits per heavy atom. The highest BCUT2D eigenvalue weighted by atomic mass is 79.9. The third kappa shape index (κ3) is 3.06. The van der Waals surface area contributed by atoms with Gasteiger partial charge in [0.05, 0.1) is 5.69 Å². The molecule has 0 aliphatic rings. The largest absolute Gasteiger partial charge is 0.374 e. The second-order valence-electron chi connectivity index (χ2n) is 3.64. The standard InChI is InChI=1S/C12H16BrNO/c1-4-7-14(3)12-6-5-10(9(2)15)8-11(12)13/h5-6,8H,4,7H2,1-3H3. The lowest BCUT2D eigenvalue weighted by Gasteiger charge is -2.20. The van der Waals surface area contributed by atoms with Crippen molar-refractivity contribution in [2.24, 2.45) is 0 Å². The number of hydrogen-bond acceptors (Lipinski definition) is 2. The molecule has 0 aromatic heterocycles. The second kappa shape index (κ2) is 5.31. The van der Waals surface area contributed by atoms with Gasteiger partial charge >= 0.3 is 0 Å². The van der Waals surface area contributed by atoms with E-state index in [-0.39, 0.29) is 5.78 Å². The lowest BCUT2D eigenvalue weighted by atomic mass is 10.1. The van der Waals surface area contributed by atoms with Gasteiger partial charge in [-0.3, -0.25) is 4.79 Å². The topological polar surface area (TPSA) is 20.3 Å². The summed E-state index contributed by atoms with van der Waals surface area (Å²) >= 11 is 3.49. The molecular formula is C12H16BrNO. The normalized spacial score (nSPS) is 10.1. The fraction of sp³-hybridized carbons (Fsp3) is 0.417. The highest BCUT2D eigenvalue weighted by molar-refractivity contribution is 9.10. The average molecular weight is 270 g/mol. The van der Waals surface area contributed by atoms with Crippen LogP contribution in [0.25, 0.3) is 0 Å². The lowest BCUT2D eigenvalue weighted by molar-refractivity contribution is 0.101. The number of Topliss-reactive ketones (excluding diaryl/α,β-unsaturated/α-hetero) is 1. The first kappa shape index (κ1) is 12.2. The number of nitrogens with zero attached hydrogens (tertiary/aromatic N) is 1. The van der Waals surface area contributed by atoms with Crippen LogP contribution in [0.3, 0.4) is 0 Å². The molecular weight excluding hydrogens is 254 g/mol. The zero-order valence-corrected chi connectivity index (χ0v) is 11.0. The molecule has 0 radical (unpaired) electrons. The Labute approximate surface area is 99.4 Å². The number of carbonyl (C=O) groups is 1. The summed E-state index contributed by atoms with van der Waals surface area (Å²) in [5.41, 5.74) is 1.87. The number of hydrogen-bond donors (Lipinski definition) is 0. The van der Waals surface area contributed by atoms with Crippen LogP contribution in [0.5, 0.6) is 0 Å². The molecule has 1 aromatic rings. The number of halogens is 1. The molecule has 0 N–H and O–H groups in total. The minimum absolute atomic E-state index is 0.0976. The molecule has 82 valence electrons. The van der Waals surface area contributed by atoms with E-state index in [4.69, 9.17) is 0 Å². The highest BCUT2D eigenvalue weighted by Gasteiger charge is 2.07. The van der Waals surface area contributed by atoms with E-state index in [0.29, 0.717) is 0 Å². The highest BCUT2D eigenvalue weighted by Crippen LogP contribution is 2.26. The van der Waals surface area contributed by atoms with Crippen molar-refractivity contribution < 1.29 is 4.79 Å². The fourth-order valence-electron chi connectivity index (χ4n) is 1.49. The molecule has 0 spiro atoms. The van der Waals surface area contributed by atoms with Gasteiger partial charge in [0.25, 0.3) is 0 Å². The summed E-state index contributed by atoms with van der Waals surface area (Å²) in [5.74, 6) is 0.0976. The van der Waals surface area contributed by atoms with Crippen LogP contribution in [-0.2, 0) is 0 Å². The van der Waals surface area contributed by atoms with Crippen molar-refractivity contribution in [3.8, 4) is 0 Å². The molecule has 2 nitrogen and oxygen atoms in total. The monoisotopic (exact) mass is 269 g/mol. The van der Waals surface area contributed by atoms with E-state index in [1.54, 1.807) is 6.92 Å². The van der Waals surface area contributed by atoms with Crippen molar-refractivity contribution in [3.63, 3.8) is 0 Å². The van der Waals surface area contributed by atoms with Crippen LogP contribution in [0.4, 0.5) is 5.69 Å². The minimum Gasteiger partial charge on any atom is -0.374 e. The second-order valence-corrected chi connectivity index (χ2v) is 4.50. The van der Waals surface area contributed by atoms with E-state index in [1.807, 2.05) is 18.2 Å². The summed E-state index contributed by atoms with van der Waals surface area (Å²) in [5, 5.41) is 0. The molecule has 0 saturated carbocycles. The van der Waals surface area contributed by atoms with Crippen molar-refractivity contribution in [2.75, 3.05) is 18.5 Å². The van der Waals surface area contributed by atoms with Crippen molar-refractivity contribution in [3.05, 3.63) is 28.2 Å². The molecule has 0 fully saturated rings. The van der Waals surface area contributed by atoms with Crippen molar-refractivity contribution in [1.82, 2.24) is 0 Å². The Morgan fingerprint density at radius 1 is 1.47 bits per heavy atom. The molecule has 0 bridgehead atoms. The molecule has 1 rings (SSSR count). The van der Waals surface area contributed by atoms with Crippen LogP contribution < -0.4 is 4.90 Å². The predicted octanol–water partition coefficient (Wildman–Crippen LogP) is 3.50. The zero-order valence-electron chi connectivity index (χ0n) is 9.38. The van der Waals surface area contributed by atoms with Gasteiger partial charge in [-0.2, -0.15) is 0 Å². The minimum atomic E-state index is 0.0976. The number of rotatable bonds is 4. The Morgan fingerprint density at radius 2 is 2.13 bits per heavy atom. The molecule has 0 aliphatic heterocycles. The van der Waals surface area contributed by atoms with Gasteiger partial charge in [0.15, 0.2) is 5.78 Å². The third-order valence-electron chi connectivity index (χ3n) is 2.32. The number of benzene rings is 1. The van der Waals surface area contributed by atoms with Crippen LogP contribution in [0.15, 0.2) is 22.7 Å². The van der Waals surface area contributed by atoms with Crippen molar-refractivity contribution >= 4 is 27.4 Å². The molecule has 0 atom stereocenters. The van der Waals surface area contributed by atoms with E-state index >= 15 is 0 Å². The van der Waals surface area contributed by atoms with Gasteiger partial charge in [-0.25, -0.2) is 0 Å². The van der Waals surface area contributed by atoms with Gasteiger partial charge < -0.3 is 4.90 Å². The van der Waals surface area contributed by atoms with E-state index < -0.39 is 0 Å². The lowest BCUT2D eigenvalue weighted by Crippen LogP contribution is -2.18. The summed E-state index contributed by atoms with van der Waals surface area (Å²) in [6.45, 7) is 4.74. The summed E-state index contributed by atoms with van der Waals surface area (Å²) in [6, 6.07) is 5.73. The molecule has 1 aromatic carbocycles. The maximum Gasteiger partial charge on any atom is 0.159 e. The smallest absolute Gasteiger partial charge is 0.159 e. The maximum absolute atomic E-state index is 11.2. The zero-order chi connectivity index (χ0) is 11.4. The quantitative estimate of drug-likeness (QED) is 0.780. The molecule has 3 heteroatoms. The first-order chi connectivity index (χ1) is 7.06. The summed E-state index contributed by atoms with van der Waals surface area (Å²) in [7, 11) is 2.05. The first-order valence-corrected chi connectivity index (χ1v) is 5.87. The first-order valence-electron chi connectivity index (χ1n) is 5.08. The van der Waals surface area contributed by atoms with Gasteiger partial charge in [-0.15, -0.1) is 0 Å². The predicted molar refractivity (Wildman–Crippen MR) is 67.7 cm³/mol. The van der Waals surface area contributed by atoms with Gasteiger partial charge in [-0.05, 0) is 47.5 Å². The maximum atomic E-state index is 11.2. The van der Waals surface area contributed by atoms with E-state index in [9.17, 15) is 4.79 Å². The van der Waals surface area contributed by atoms with Crippen LogP contribution in [-0.4, -0.2) is 19.4 Å². The average Bonchev–Trinajstić information content (AvgIpc) is 2.17. The summed E-state index contributed by atoms with van der Waals surface area (Å²) in [6.07, 6.45) is 1.11. The molecule has 0 saturated heterocycles.